The Morgan fingerprint density at radius 1 is 1.31 bits per heavy atom. The minimum absolute atomic E-state index is 0.263. The molecule has 4 nitrogen and oxygen atoms in total. The zero-order valence-electron chi connectivity index (χ0n) is 8.43. The third-order valence-electron chi connectivity index (χ3n) is 1.90. The number of nitrogens with zero attached hydrogens (tertiary/aromatic N) is 1. The molecule has 1 aromatic carbocycles. The molecular weight excluding hydrogens is 226 g/mol. The van der Waals surface area contributed by atoms with Gasteiger partial charge < -0.3 is 15.3 Å². The number of hydrogen-bond donors (Lipinski definition) is 3. The summed E-state index contributed by atoms with van der Waals surface area (Å²) in [5, 5.41) is 36.4. The van der Waals surface area contributed by atoms with Crippen molar-refractivity contribution in [2.45, 2.75) is 6.92 Å². The molecule has 1 rings (SSSR count). The molecule has 0 aliphatic rings. The number of allylic oxidation sites excluding steroid dienone is 1. The first kappa shape index (κ1) is 12.0. The molecular formula is C11H9NO3S. The third kappa shape index (κ3) is 2.49. The van der Waals surface area contributed by atoms with Gasteiger partial charge in [-0.25, -0.2) is 0 Å². The van der Waals surface area contributed by atoms with Gasteiger partial charge >= 0.3 is 0 Å². The van der Waals surface area contributed by atoms with Crippen LogP contribution in [-0.4, -0.2) is 20.2 Å². The summed E-state index contributed by atoms with van der Waals surface area (Å²) < 4.78 is 0. The molecule has 0 atom stereocenters. The van der Waals surface area contributed by atoms with E-state index in [9.17, 15) is 10.2 Å². The van der Waals surface area contributed by atoms with E-state index in [0.717, 1.165) is 0 Å². The van der Waals surface area contributed by atoms with Gasteiger partial charge in [-0.2, -0.15) is 5.26 Å². The van der Waals surface area contributed by atoms with Crippen LogP contribution >= 0.6 is 12.2 Å². The number of aromatic hydroxyl groups is 3. The second kappa shape index (κ2) is 4.64. The maximum Gasteiger partial charge on any atom is 0.200 e. The molecule has 1 aromatic rings. The number of benzene rings is 1. The average molecular weight is 235 g/mol. The largest absolute Gasteiger partial charge is 0.504 e. The van der Waals surface area contributed by atoms with Crippen LogP contribution < -0.4 is 0 Å². The highest BCUT2D eigenvalue weighted by Crippen LogP contribution is 2.35. The van der Waals surface area contributed by atoms with E-state index in [1.165, 1.54) is 18.2 Å². The molecule has 0 radical (unpaired) electrons. The van der Waals surface area contributed by atoms with Crippen molar-refractivity contribution in [2.75, 3.05) is 0 Å². The summed E-state index contributed by atoms with van der Waals surface area (Å²) in [6, 6.07) is 4.35. The van der Waals surface area contributed by atoms with E-state index in [1.807, 2.05) is 6.07 Å². The van der Waals surface area contributed by atoms with Crippen LogP contribution in [0.25, 0.3) is 6.08 Å². The van der Waals surface area contributed by atoms with Gasteiger partial charge in [-0.05, 0) is 30.7 Å². The Labute approximate surface area is 97.7 Å². The highest BCUT2D eigenvalue weighted by atomic mass is 32.1. The summed E-state index contributed by atoms with van der Waals surface area (Å²) in [5.41, 5.74) is 0.646. The van der Waals surface area contributed by atoms with E-state index in [4.69, 9.17) is 22.6 Å². The van der Waals surface area contributed by atoms with E-state index >= 15 is 0 Å². The van der Waals surface area contributed by atoms with Gasteiger partial charge in [-0.3, -0.25) is 0 Å². The first-order valence-electron chi connectivity index (χ1n) is 4.33. The predicted molar refractivity (Wildman–Crippen MR) is 63.3 cm³/mol. The molecule has 16 heavy (non-hydrogen) atoms. The minimum atomic E-state index is -0.588. The van der Waals surface area contributed by atoms with Gasteiger partial charge in [0.2, 0.25) is 0 Å². The molecule has 82 valence electrons. The second-order valence-electron chi connectivity index (χ2n) is 3.13. The molecule has 0 bridgehead atoms. The Hall–Kier alpha value is -2.06. The Morgan fingerprint density at radius 2 is 1.81 bits per heavy atom. The van der Waals surface area contributed by atoms with Crippen LogP contribution in [0.2, 0.25) is 0 Å². The van der Waals surface area contributed by atoms with Crippen LogP contribution in [-0.2, 0) is 0 Å². The maximum absolute atomic E-state index is 9.25. The Bertz CT molecular complexity index is 491. The van der Waals surface area contributed by atoms with Gasteiger partial charge in [0.05, 0.1) is 5.57 Å². The number of rotatable bonds is 2. The molecule has 0 aromatic heterocycles. The first-order chi connectivity index (χ1) is 7.45. The van der Waals surface area contributed by atoms with Crippen LogP contribution in [0.15, 0.2) is 17.7 Å². The summed E-state index contributed by atoms with van der Waals surface area (Å²) in [6.45, 7) is 1.60. The molecule has 0 aliphatic carbocycles. The van der Waals surface area contributed by atoms with Crippen LogP contribution in [0, 0.1) is 11.3 Å². The predicted octanol–water partition coefficient (Wildman–Crippen LogP) is 2.10. The SMILES string of the molecule is CC(=S)/C(C#N)=C/c1cc(O)c(O)c(O)c1. The fourth-order valence-electron chi connectivity index (χ4n) is 1.09. The van der Waals surface area contributed by atoms with Gasteiger partial charge in [-0.1, -0.05) is 12.2 Å². The van der Waals surface area contributed by atoms with E-state index in [-0.39, 0.29) is 5.57 Å². The Morgan fingerprint density at radius 3 is 2.19 bits per heavy atom. The van der Waals surface area contributed by atoms with E-state index < -0.39 is 17.2 Å². The number of nitriles is 1. The summed E-state index contributed by atoms with van der Waals surface area (Å²) in [6.07, 6.45) is 1.42. The third-order valence-corrected chi connectivity index (χ3v) is 2.12. The average Bonchev–Trinajstić information content (AvgIpc) is 2.21. The topological polar surface area (TPSA) is 84.5 Å². The smallest absolute Gasteiger partial charge is 0.200 e. The van der Waals surface area contributed by atoms with Crippen molar-refractivity contribution in [1.82, 2.24) is 0 Å². The second-order valence-corrected chi connectivity index (χ2v) is 3.75. The number of hydrogen-bond acceptors (Lipinski definition) is 5. The van der Waals surface area contributed by atoms with E-state index in [1.54, 1.807) is 6.92 Å². The van der Waals surface area contributed by atoms with Crippen LogP contribution in [0.1, 0.15) is 12.5 Å². The van der Waals surface area contributed by atoms with Crippen molar-refractivity contribution < 1.29 is 15.3 Å². The molecule has 0 unspecified atom stereocenters. The Balaban J connectivity index is 3.27. The lowest BCUT2D eigenvalue weighted by molar-refractivity contribution is 0.368. The van der Waals surface area contributed by atoms with E-state index in [2.05, 4.69) is 0 Å². The van der Waals surface area contributed by atoms with Crippen molar-refractivity contribution in [3.05, 3.63) is 23.3 Å². The molecule has 0 saturated carbocycles. The zero-order chi connectivity index (χ0) is 12.3. The fraction of sp³-hybridized carbons (Fsp3) is 0.0909. The number of phenolic OH excluding ortho intramolecular Hbond substituents is 3. The molecule has 0 aliphatic heterocycles. The highest BCUT2D eigenvalue weighted by molar-refractivity contribution is 7.80. The summed E-state index contributed by atoms with van der Waals surface area (Å²) >= 11 is 4.84. The minimum Gasteiger partial charge on any atom is -0.504 e. The number of thiocarbonyl (C=S) groups is 1. The van der Waals surface area contributed by atoms with Gasteiger partial charge in [0.1, 0.15) is 6.07 Å². The normalized spacial score (nSPS) is 10.9. The fourth-order valence-corrected chi connectivity index (χ4v) is 1.19. The maximum atomic E-state index is 9.25. The van der Waals surface area contributed by atoms with Crippen molar-refractivity contribution in [1.29, 1.82) is 5.26 Å². The summed E-state index contributed by atoms with van der Waals surface area (Å²) in [5.74, 6) is -1.49. The molecule has 0 spiro atoms. The zero-order valence-corrected chi connectivity index (χ0v) is 9.25. The lowest BCUT2D eigenvalue weighted by Gasteiger charge is -2.03. The van der Waals surface area contributed by atoms with Crippen LogP contribution in [0.4, 0.5) is 0 Å². The van der Waals surface area contributed by atoms with Crippen molar-refractivity contribution in [3.8, 4) is 23.3 Å². The van der Waals surface area contributed by atoms with Crippen LogP contribution in [0.5, 0.6) is 17.2 Å². The lowest BCUT2D eigenvalue weighted by Crippen LogP contribution is -1.90. The Kier molecular flexibility index (Phi) is 3.48. The summed E-state index contributed by atoms with van der Waals surface area (Å²) in [7, 11) is 0. The summed E-state index contributed by atoms with van der Waals surface area (Å²) in [4.78, 5) is 0.412. The highest BCUT2D eigenvalue weighted by Gasteiger charge is 2.07. The quantitative estimate of drug-likeness (QED) is 0.316. The van der Waals surface area contributed by atoms with Gasteiger partial charge in [0.25, 0.3) is 0 Å². The molecule has 0 saturated heterocycles. The van der Waals surface area contributed by atoms with Gasteiger partial charge in [0, 0.05) is 4.86 Å². The van der Waals surface area contributed by atoms with Gasteiger partial charge in [0.15, 0.2) is 17.2 Å². The van der Waals surface area contributed by atoms with Crippen LogP contribution in [0.3, 0.4) is 0 Å². The van der Waals surface area contributed by atoms with Gasteiger partial charge in [-0.15, -0.1) is 0 Å². The number of phenols is 3. The molecule has 0 amide bonds. The van der Waals surface area contributed by atoms with Crippen molar-refractivity contribution in [2.24, 2.45) is 0 Å². The molecule has 0 fully saturated rings. The standard InChI is InChI=1S/C11H9NO3S/c1-6(16)8(5-12)2-7-3-9(13)11(15)10(14)4-7/h2-4,13-15H,1H3/b8-2+. The first-order valence-corrected chi connectivity index (χ1v) is 4.74. The lowest BCUT2D eigenvalue weighted by atomic mass is 10.1. The van der Waals surface area contributed by atoms with Crippen molar-refractivity contribution in [3.63, 3.8) is 0 Å². The van der Waals surface area contributed by atoms with E-state index in [0.29, 0.717) is 10.4 Å². The monoisotopic (exact) mass is 235 g/mol. The molecule has 5 heteroatoms. The molecule has 3 N–H and O–H groups in total. The van der Waals surface area contributed by atoms with Crippen molar-refractivity contribution >= 4 is 23.2 Å². The molecule has 0 heterocycles.